The average Bonchev–Trinajstić information content (AvgIpc) is 2.71. The summed E-state index contributed by atoms with van der Waals surface area (Å²) in [6, 6.07) is 8.51. The molecule has 1 N–H and O–H groups in total. The summed E-state index contributed by atoms with van der Waals surface area (Å²) in [5.74, 6) is -1.30. The molecule has 1 amide bonds. The largest absolute Gasteiger partial charge is 0.573 e. The number of halogens is 5. The smallest absolute Gasteiger partial charge is 0.404 e. The number of benzene rings is 2. The molecule has 1 heterocycles. The molecule has 0 aromatic heterocycles. The second kappa shape index (κ2) is 10.2. The van der Waals surface area contributed by atoms with Crippen LogP contribution in [0, 0.1) is 0 Å². The lowest BCUT2D eigenvalue weighted by Gasteiger charge is -2.35. The highest BCUT2D eigenvalue weighted by Crippen LogP contribution is 2.32. The van der Waals surface area contributed by atoms with E-state index in [4.69, 9.17) is 23.2 Å². The topological polar surface area (TPSA) is 78.9 Å². The first-order valence-electron chi connectivity index (χ1n) is 9.29. The van der Waals surface area contributed by atoms with Crippen molar-refractivity contribution in [1.29, 1.82) is 0 Å². The summed E-state index contributed by atoms with van der Waals surface area (Å²) >= 11 is 12.3. The van der Waals surface area contributed by atoms with E-state index in [9.17, 15) is 26.4 Å². The van der Waals surface area contributed by atoms with Gasteiger partial charge in [0, 0.05) is 38.3 Å². The van der Waals surface area contributed by atoms with Crippen LogP contribution in [0.4, 0.5) is 18.9 Å². The zero-order valence-corrected chi connectivity index (χ0v) is 18.8. The van der Waals surface area contributed by atoms with Crippen LogP contribution in [0.1, 0.15) is 15.9 Å². The Morgan fingerprint density at radius 3 is 2.41 bits per heavy atom. The van der Waals surface area contributed by atoms with E-state index in [0.29, 0.717) is 42.8 Å². The Morgan fingerprint density at radius 2 is 1.78 bits per heavy atom. The molecule has 1 saturated heterocycles. The van der Waals surface area contributed by atoms with Crippen LogP contribution in [0.15, 0.2) is 36.4 Å². The Hall–Kier alpha value is -2.21. The lowest BCUT2D eigenvalue weighted by atomic mass is 10.1. The van der Waals surface area contributed by atoms with Crippen molar-refractivity contribution in [1.82, 2.24) is 9.80 Å². The highest BCUT2D eigenvalue weighted by atomic mass is 35.5. The van der Waals surface area contributed by atoms with Gasteiger partial charge in [-0.1, -0.05) is 35.3 Å². The van der Waals surface area contributed by atoms with Gasteiger partial charge >= 0.3 is 6.36 Å². The van der Waals surface area contributed by atoms with E-state index < -0.39 is 34.6 Å². The first-order valence-corrected chi connectivity index (χ1v) is 11.2. The Bertz CT molecular complexity index is 1070. The minimum atomic E-state index is -5.06. The summed E-state index contributed by atoms with van der Waals surface area (Å²) in [6.07, 6.45) is -5.06. The van der Waals surface area contributed by atoms with Crippen molar-refractivity contribution >= 4 is 45.7 Å². The van der Waals surface area contributed by atoms with E-state index in [-0.39, 0.29) is 5.56 Å². The zero-order chi connectivity index (χ0) is 23.5. The molecule has 0 atom stereocenters. The number of alkyl halides is 3. The van der Waals surface area contributed by atoms with Crippen molar-refractivity contribution in [2.24, 2.45) is 0 Å². The van der Waals surface area contributed by atoms with Gasteiger partial charge in [0.2, 0.25) is 10.9 Å². The fourth-order valence-electron chi connectivity index (χ4n) is 3.26. The molecule has 3 rings (SSSR count). The molecule has 1 aliphatic rings. The fourth-order valence-corrected chi connectivity index (χ4v) is 4.02. The van der Waals surface area contributed by atoms with Crippen molar-refractivity contribution in [3.63, 3.8) is 0 Å². The van der Waals surface area contributed by atoms with Gasteiger partial charge in [-0.25, -0.2) is 8.42 Å². The molecular formula is C19H18Cl2F3N3O4S. The van der Waals surface area contributed by atoms with E-state index in [1.165, 1.54) is 11.0 Å². The van der Waals surface area contributed by atoms with Gasteiger partial charge in [0.15, 0.2) is 5.75 Å². The molecule has 1 aliphatic heterocycles. The first kappa shape index (κ1) is 24.4. The lowest BCUT2D eigenvalue weighted by Crippen LogP contribution is -2.48. The molecule has 32 heavy (non-hydrogen) atoms. The standard InChI is InChI=1S/C19H18Cl2F3N3O4S/c20-14-3-1-2-13(17(14)21)11-26-6-8-27(9-7-26)18(28)12-4-5-15(25-32(29)30)16(10-12)31-19(22,23)24/h1-5,10,32H,6-9,11H2,(H,25,29,30). The Kier molecular flexibility index (Phi) is 7.75. The second-order valence-corrected chi connectivity index (χ2v) is 8.43. The number of carbonyl (C=O) groups excluding carboxylic acids is 1. The Balaban J connectivity index is 1.69. The third kappa shape index (κ3) is 6.41. The van der Waals surface area contributed by atoms with Crippen molar-refractivity contribution in [3.8, 4) is 5.75 Å². The van der Waals surface area contributed by atoms with Gasteiger partial charge in [0.25, 0.3) is 5.91 Å². The Morgan fingerprint density at radius 1 is 1.09 bits per heavy atom. The van der Waals surface area contributed by atoms with E-state index in [1.807, 2.05) is 10.8 Å². The maximum Gasteiger partial charge on any atom is 0.573 e. The summed E-state index contributed by atoms with van der Waals surface area (Å²) in [7, 11) is -3.22. The molecule has 2 aromatic carbocycles. The molecule has 0 unspecified atom stereocenters. The predicted molar refractivity (Wildman–Crippen MR) is 115 cm³/mol. The fraction of sp³-hybridized carbons (Fsp3) is 0.316. The minimum Gasteiger partial charge on any atom is -0.404 e. The van der Waals surface area contributed by atoms with Gasteiger partial charge in [-0.3, -0.25) is 14.4 Å². The average molecular weight is 512 g/mol. The second-order valence-electron chi connectivity index (χ2n) is 6.91. The van der Waals surface area contributed by atoms with Gasteiger partial charge in [0.1, 0.15) is 0 Å². The number of hydrogen-bond acceptors (Lipinski definition) is 5. The molecule has 0 saturated carbocycles. The van der Waals surface area contributed by atoms with Gasteiger partial charge in [-0.15, -0.1) is 13.2 Å². The van der Waals surface area contributed by atoms with Crippen LogP contribution in [0.2, 0.25) is 10.0 Å². The third-order valence-corrected chi connectivity index (χ3v) is 6.03. The summed E-state index contributed by atoms with van der Waals surface area (Å²) in [4.78, 5) is 16.4. The number of ether oxygens (including phenoxy) is 1. The normalized spacial score (nSPS) is 15.1. The molecule has 0 aliphatic carbocycles. The van der Waals surface area contributed by atoms with Crippen LogP contribution in [-0.4, -0.2) is 56.7 Å². The number of nitrogens with zero attached hydrogens (tertiary/aromatic N) is 2. The van der Waals surface area contributed by atoms with E-state index in [2.05, 4.69) is 9.64 Å². The number of rotatable bonds is 6. The molecule has 0 bridgehead atoms. The van der Waals surface area contributed by atoms with Crippen LogP contribution in [0.5, 0.6) is 5.75 Å². The maximum atomic E-state index is 12.8. The molecule has 174 valence electrons. The van der Waals surface area contributed by atoms with Crippen LogP contribution >= 0.6 is 23.2 Å². The predicted octanol–water partition coefficient (Wildman–Crippen LogP) is 3.79. The highest BCUT2D eigenvalue weighted by molar-refractivity contribution is 7.73. The van der Waals surface area contributed by atoms with Crippen molar-refractivity contribution in [2.75, 3.05) is 30.9 Å². The lowest BCUT2D eigenvalue weighted by molar-refractivity contribution is -0.274. The summed E-state index contributed by atoms with van der Waals surface area (Å²) < 4.78 is 65.5. The molecule has 0 spiro atoms. The molecule has 13 heteroatoms. The quantitative estimate of drug-likeness (QED) is 0.577. The molecule has 1 fully saturated rings. The highest BCUT2D eigenvalue weighted by Gasteiger charge is 2.33. The van der Waals surface area contributed by atoms with E-state index in [1.54, 1.807) is 12.1 Å². The Labute approximate surface area is 193 Å². The van der Waals surface area contributed by atoms with E-state index >= 15 is 0 Å². The zero-order valence-electron chi connectivity index (χ0n) is 16.4. The first-order chi connectivity index (χ1) is 15.0. The van der Waals surface area contributed by atoms with Crippen molar-refractivity contribution in [2.45, 2.75) is 12.9 Å². The molecule has 7 nitrogen and oxygen atoms in total. The molecular weight excluding hydrogens is 494 g/mol. The minimum absolute atomic E-state index is 0.0535. The van der Waals surface area contributed by atoms with Gasteiger partial charge in [-0.05, 0) is 29.8 Å². The van der Waals surface area contributed by atoms with Gasteiger partial charge in [0.05, 0.1) is 15.7 Å². The van der Waals surface area contributed by atoms with Crippen molar-refractivity contribution in [3.05, 3.63) is 57.6 Å². The van der Waals surface area contributed by atoms with Crippen LogP contribution in [0.3, 0.4) is 0 Å². The SMILES string of the molecule is O=C(c1ccc(N[SH](=O)=O)c(OC(F)(F)F)c1)N1CCN(Cc2cccc(Cl)c2Cl)CC1. The summed E-state index contributed by atoms with van der Waals surface area (Å²) in [5, 5.41) is 0.924. The number of nitrogens with one attached hydrogen (secondary N) is 1. The monoisotopic (exact) mass is 511 g/mol. The van der Waals surface area contributed by atoms with Crippen LogP contribution in [-0.2, 0) is 17.4 Å². The number of piperazine rings is 1. The van der Waals surface area contributed by atoms with Gasteiger partial charge < -0.3 is 9.64 Å². The molecule has 2 aromatic rings. The number of thiol groups is 1. The van der Waals surface area contributed by atoms with Gasteiger partial charge in [-0.2, -0.15) is 0 Å². The summed E-state index contributed by atoms with van der Waals surface area (Å²) in [6.45, 7) is 2.28. The number of carbonyl (C=O) groups is 1. The van der Waals surface area contributed by atoms with E-state index in [0.717, 1.165) is 17.7 Å². The van der Waals surface area contributed by atoms with Crippen LogP contribution < -0.4 is 9.46 Å². The molecule has 0 radical (unpaired) electrons. The third-order valence-electron chi connectivity index (χ3n) is 4.75. The summed E-state index contributed by atoms with van der Waals surface area (Å²) in [5.41, 5.74) is 0.383. The number of hydrogen-bond donors (Lipinski definition) is 2. The maximum absolute atomic E-state index is 12.8. The number of anilines is 1. The number of amides is 1. The van der Waals surface area contributed by atoms with Crippen molar-refractivity contribution < 1.29 is 31.1 Å². The van der Waals surface area contributed by atoms with Crippen LogP contribution in [0.25, 0.3) is 0 Å².